The quantitative estimate of drug-likeness (QED) is 0.405. The molecule has 8 nitrogen and oxygen atoms in total. The van der Waals surface area contributed by atoms with Gasteiger partial charge in [-0.25, -0.2) is 0 Å². The molecule has 0 fully saturated rings. The van der Waals surface area contributed by atoms with Gasteiger partial charge in [0.1, 0.15) is 22.5 Å². The van der Waals surface area contributed by atoms with Crippen molar-refractivity contribution in [3.05, 3.63) is 70.7 Å². The van der Waals surface area contributed by atoms with E-state index < -0.39 is 0 Å². The molecule has 1 heterocycles. The zero-order valence-corrected chi connectivity index (χ0v) is 19.6. The molecule has 2 N–H and O–H groups in total. The van der Waals surface area contributed by atoms with Crippen LogP contribution in [0.1, 0.15) is 15.9 Å². The van der Waals surface area contributed by atoms with E-state index in [-0.39, 0.29) is 11.0 Å². The molecule has 0 saturated carbocycles. The van der Waals surface area contributed by atoms with Crippen LogP contribution in [0, 0.1) is 6.92 Å². The highest BCUT2D eigenvalue weighted by molar-refractivity contribution is 7.80. The highest BCUT2D eigenvalue weighted by Gasteiger charge is 2.15. The molecule has 0 bridgehead atoms. The Kier molecular flexibility index (Phi) is 6.43. The Labute approximate surface area is 200 Å². The van der Waals surface area contributed by atoms with Crippen LogP contribution in [0.3, 0.4) is 0 Å². The number of ether oxygens (including phenoxy) is 2. The van der Waals surface area contributed by atoms with Crippen molar-refractivity contribution in [2.75, 3.05) is 19.5 Å². The molecule has 0 aliphatic heterocycles. The number of nitrogens with zero attached hydrogens (tertiary/aromatic N) is 3. The number of halogens is 1. The minimum absolute atomic E-state index is 0.155. The van der Waals surface area contributed by atoms with E-state index in [1.807, 2.05) is 25.1 Å². The van der Waals surface area contributed by atoms with E-state index in [0.29, 0.717) is 44.5 Å². The van der Waals surface area contributed by atoms with E-state index in [4.69, 9.17) is 33.3 Å². The molecule has 4 rings (SSSR count). The molecule has 10 heteroatoms. The second kappa shape index (κ2) is 9.43. The number of hydrogen-bond acceptors (Lipinski definition) is 6. The molecule has 1 amide bonds. The number of benzene rings is 3. The van der Waals surface area contributed by atoms with Gasteiger partial charge in [-0.3, -0.25) is 10.1 Å². The summed E-state index contributed by atoms with van der Waals surface area (Å²) in [6.45, 7) is 1.91. The van der Waals surface area contributed by atoms with Gasteiger partial charge in [0.25, 0.3) is 5.91 Å². The number of carbonyl (C=O) groups is 1. The smallest absolute Gasteiger partial charge is 0.261 e. The van der Waals surface area contributed by atoms with Crippen molar-refractivity contribution in [3.8, 4) is 17.2 Å². The van der Waals surface area contributed by atoms with Crippen LogP contribution in [0.2, 0.25) is 5.02 Å². The van der Waals surface area contributed by atoms with Gasteiger partial charge < -0.3 is 14.8 Å². The van der Waals surface area contributed by atoms with Crippen LogP contribution in [0.15, 0.2) is 54.6 Å². The number of methoxy groups -OCH3 is 2. The van der Waals surface area contributed by atoms with Gasteiger partial charge in [-0.2, -0.15) is 4.80 Å². The Morgan fingerprint density at radius 2 is 1.70 bits per heavy atom. The lowest BCUT2D eigenvalue weighted by molar-refractivity contribution is 0.0975. The lowest BCUT2D eigenvalue weighted by Gasteiger charge is -2.13. The van der Waals surface area contributed by atoms with Crippen LogP contribution in [0.25, 0.3) is 16.7 Å². The Hall–Kier alpha value is -3.69. The number of fused-ring (bicyclic) bond motifs is 1. The molecular formula is C23H20ClN5O3S. The summed E-state index contributed by atoms with van der Waals surface area (Å²) in [6, 6.07) is 15.9. The summed E-state index contributed by atoms with van der Waals surface area (Å²) in [7, 11) is 3.07. The Bertz CT molecular complexity index is 1370. The van der Waals surface area contributed by atoms with E-state index in [9.17, 15) is 4.79 Å². The molecule has 0 aliphatic rings. The Morgan fingerprint density at radius 1 is 1.00 bits per heavy atom. The largest absolute Gasteiger partial charge is 0.496 e. The van der Waals surface area contributed by atoms with Crippen LogP contribution in [0.4, 0.5) is 5.69 Å². The second-order valence-electron chi connectivity index (χ2n) is 7.07. The summed E-state index contributed by atoms with van der Waals surface area (Å²) in [5.74, 6) is 0.666. The van der Waals surface area contributed by atoms with Gasteiger partial charge in [-0.05, 0) is 67.2 Å². The SMILES string of the molecule is COc1ccc(-n2nc3cc(C)c(NC(=S)NC(=O)c4ccccc4OC)cc3n2)cc1Cl. The van der Waals surface area contributed by atoms with Crippen LogP contribution in [-0.4, -0.2) is 40.2 Å². The van der Waals surface area contributed by atoms with Crippen molar-refractivity contribution < 1.29 is 14.3 Å². The fourth-order valence-electron chi connectivity index (χ4n) is 3.25. The zero-order valence-electron chi connectivity index (χ0n) is 18.0. The van der Waals surface area contributed by atoms with E-state index in [1.165, 1.54) is 11.9 Å². The van der Waals surface area contributed by atoms with Crippen molar-refractivity contribution in [1.29, 1.82) is 0 Å². The number of anilines is 1. The number of amides is 1. The van der Waals surface area contributed by atoms with E-state index in [2.05, 4.69) is 20.8 Å². The number of aromatic nitrogens is 3. The van der Waals surface area contributed by atoms with Crippen molar-refractivity contribution >= 4 is 51.6 Å². The van der Waals surface area contributed by atoms with Gasteiger partial charge in [-0.1, -0.05) is 23.7 Å². The van der Waals surface area contributed by atoms with Gasteiger partial charge in [-0.15, -0.1) is 10.2 Å². The molecule has 168 valence electrons. The summed E-state index contributed by atoms with van der Waals surface area (Å²) >= 11 is 11.6. The second-order valence-corrected chi connectivity index (χ2v) is 7.89. The van der Waals surface area contributed by atoms with Gasteiger partial charge in [0.15, 0.2) is 5.11 Å². The lowest BCUT2D eigenvalue weighted by atomic mass is 10.1. The normalized spacial score (nSPS) is 10.7. The molecule has 3 aromatic carbocycles. The molecule has 0 saturated heterocycles. The van der Waals surface area contributed by atoms with Crippen molar-refractivity contribution in [1.82, 2.24) is 20.3 Å². The van der Waals surface area contributed by atoms with Crippen LogP contribution >= 0.6 is 23.8 Å². The first-order valence-corrected chi connectivity index (χ1v) is 10.6. The Balaban J connectivity index is 1.55. The van der Waals surface area contributed by atoms with Gasteiger partial charge in [0.05, 0.1) is 30.5 Å². The summed E-state index contributed by atoms with van der Waals surface area (Å²) in [5.41, 5.74) is 4.02. The minimum Gasteiger partial charge on any atom is -0.496 e. The number of aryl methyl sites for hydroxylation is 1. The first-order chi connectivity index (χ1) is 15.9. The average molecular weight is 482 g/mol. The molecule has 33 heavy (non-hydrogen) atoms. The van der Waals surface area contributed by atoms with Crippen LogP contribution in [0.5, 0.6) is 11.5 Å². The van der Waals surface area contributed by atoms with Gasteiger partial charge in [0.2, 0.25) is 0 Å². The number of nitrogens with one attached hydrogen (secondary N) is 2. The van der Waals surface area contributed by atoms with Gasteiger partial charge >= 0.3 is 0 Å². The summed E-state index contributed by atoms with van der Waals surface area (Å²) in [4.78, 5) is 14.1. The number of carbonyl (C=O) groups excluding carboxylic acids is 1. The molecular weight excluding hydrogens is 462 g/mol. The topological polar surface area (TPSA) is 90.3 Å². The molecule has 0 aliphatic carbocycles. The number of thiocarbonyl (C=S) groups is 1. The predicted octanol–water partition coefficient (Wildman–Crippen LogP) is 4.53. The third-order valence-corrected chi connectivity index (χ3v) is 5.42. The third-order valence-electron chi connectivity index (χ3n) is 4.92. The van der Waals surface area contributed by atoms with Gasteiger partial charge in [0, 0.05) is 5.69 Å². The molecule has 0 unspecified atom stereocenters. The maximum Gasteiger partial charge on any atom is 0.261 e. The van der Waals surface area contributed by atoms with Crippen LogP contribution < -0.4 is 20.1 Å². The predicted molar refractivity (Wildman–Crippen MR) is 132 cm³/mol. The highest BCUT2D eigenvalue weighted by atomic mass is 35.5. The van der Waals surface area contributed by atoms with Crippen LogP contribution in [-0.2, 0) is 0 Å². The fourth-order valence-corrected chi connectivity index (χ4v) is 3.71. The summed E-state index contributed by atoms with van der Waals surface area (Å²) < 4.78 is 10.4. The van der Waals surface area contributed by atoms with Crippen molar-refractivity contribution in [2.24, 2.45) is 0 Å². The number of para-hydroxylation sites is 1. The summed E-state index contributed by atoms with van der Waals surface area (Å²) in [5, 5.41) is 15.4. The Morgan fingerprint density at radius 3 is 2.39 bits per heavy atom. The zero-order chi connectivity index (χ0) is 23.5. The molecule has 4 aromatic rings. The standard InChI is InChI=1S/C23H20ClN5O3S/c1-13-10-18-19(28-29(27-18)14-8-9-21(32-3)16(24)11-14)12-17(13)25-23(33)26-22(30)15-6-4-5-7-20(15)31-2/h4-12H,1-3H3,(H2,25,26,30,33). The maximum atomic E-state index is 12.6. The minimum atomic E-state index is -0.369. The van der Waals surface area contributed by atoms with Crippen molar-refractivity contribution in [3.63, 3.8) is 0 Å². The first kappa shape index (κ1) is 22.5. The lowest BCUT2D eigenvalue weighted by Crippen LogP contribution is -2.34. The van der Waals surface area contributed by atoms with E-state index in [0.717, 1.165) is 5.56 Å². The average Bonchev–Trinajstić information content (AvgIpc) is 3.21. The monoisotopic (exact) mass is 481 g/mol. The van der Waals surface area contributed by atoms with Crippen molar-refractivity contribution in [2.45, 2.75) is 6.92 Å². The highest BCUT2D eigenvalue weighted by Crippen LogP contribution is 2.27. The van der Waals surface area contributed by atoms with E-state index in [1.54, 1.807) is 43.5 Å². The molecule has 0 atom stereocenters. The summed E-state index contributed by atoms with van der Waals surface area (Å²) in [6.07, 6.45) is 0. The number of hydrogen-bond donors (Lipinski definition) is 2. The molecule has 0 radical (unpaired) electrons. The maximum absolute atomic E-state index is 12.6. The van der Waals surface area contributed by atoms with E-state index >= 15 is 0 Å². The fraction of sp³-hybridized carbons (Fsp3) is 0.130. The third kappa shape index (κ3) is 4.74. The molecule has 0 spiro atoms. The first-order valence-electron chi connectivity index (χ1n) is 9.86. The molecule has 1 aromatic heterocycles. The number of rotatable bonds is 5.